The molecule has 1 unspecified atom stereocenters. The molecule has 0 aromatic heterocycles. The summed E-state index contributed by atoms with van der Waals surface area (Å²) in [5.74, 6) is -1.86. The maximum Gasteiger partial charge on any atom is 1.00 e. The van der Waals surface area contributed by atoms with Gasteiger partial charge in [-0.15, -0.1) is 0 Å². The minimum absolute atomic E-state index is 0. The fourth-order valence-electron chi connectivity index (χ4n) is 0.388. The molecule has 15 heavy (non-hydrogen) atoms. The normalized spacial score (nSPS) is 9.53. The molecule has 0 bridgehead atoms. The number of carboxylic acid groups (broad SMARTS) is 2. The molecule has 0 rings (SSSR count). The van der Waals surface area contributed by atoms with Crippen LogP contribution in [0.15, 0.2) is 0 Å². The van der Waals surface area contributed by atoms with Crippen LogP contribution in [-0.2, 0) is 9.59 Å². The van der Waals surface area contributed by atoms with Gasteiger partial charge in [0.2, 0.25) is 0 Å². The molecule has 0 aliphatic heterocycles. The fraction of sp³-hybridized carbons (Fsp3) is 0.750. The Kier molecular flexibility index (Phi) is 32.0. The average Bonchev–Trinajstić information content (AvgIpc) is 2.03. The van der Waals surface area contributed by atoms with Crippen LogP contribution in [0.1, 0.15) is 36.0 Å². The van der Waals surface area contributed by atoms with E-state index in [4.69, 9.17) is 15.3 Å². The summed E-state index contributed by atoms with van der Waals surface area (Å²) in [5.41, 5.74) is 0. The van der Waals surface area contributed by atoms with E-state index in [0.717, 1.165) is 6.42 Å². The molecule has 5 nitrogen and oxygen atoms in total. The summed E-state index contributed by atoms with van der Waals surface area (Å²) in [6.07, 6.45) is 0.116. The van der Waals surface area contributed by atoms with Gasteiger partial charge in [0.25, 0.3) is 0 Å². The van der Waals surface area contributed by atoms with E-state index in [-0.39, 0.29) is 112 Å². The molecule has 0 aliphatic rings. The van der Waals surface area contributed by atoms with E-state index in [0.29, 0.717) is 6.42 Å². The van der Waals surface area contributed by atoms with Crippen molar-refractivity contribution in [1.82, 2.24) is 0 Å². The largest absolute Gasteiger partial charge is 1.00 e. The van der Waals surface area contributed by atoms with Crippen molar-refractivity contribution in [2.24, 2.45) is 0 Å². The van der Waals surface area contributed by atoms with Crippen LogP contribution < -0.4 is 103 Å². The fourth-order valence-corrected chi connectivity index (χ4v) is 0.388. The molecule has 0 spiro atoms. The second-order valence-corrected chi connectivity index (χ2v) is 2.41. The van der Waals surface area contributed by atoms with Gasteiger partial charge in [0.05, 0.1) is 0 Å². The standard InChI is InChI=1S/C4H8O3.C4H8O2.2K.2H/c1-2-3(5)4(6)7;1-2-3-4(5)6;;;;/h3,5H,2H2,1H3,(H,6,7);2-3H2,1H3,(H,5,6);;;;/q;;2*+1;2*-1. The summed E-state index contributed by atoms with van der Waals surface area (Å²) in [5, 5.41) is 24.2. The molecule has 0 saturated heterocycles. The van der Waals surface area contributed by atoms with E-state index in [1.54, 1.807) is 6.92 Å². The van der Waals surface area contributed by atoms with E-state index in [1.807, 2.05) is 6.92 Å². The van der Waals surface area contributed by atoms with Gasteiger partial charge < -0.3 is 18.2 Å². The van der Waals surface area contributed by atoms with Crippen LogP contribution in [0.25, 0.3) is 0 Å². The van der Waals surface area contributed by atoms with Gasteiger partial charge >= 0.3 is 115 Å². The summed E-state index contributed by atoms with van der Waals surface area (Å²) in [6.45, 7) is 3.45. The van der Waals surface area contributed by atoms with E-state index < -0.39 is 18.0 Å². The molecule has 0 aromatic carbocycles. The van der Waals surface area contributed by atoms with E-state index in [2.05, 4.69) is 0 Å². The first kappa shape index (κ1) is 25.9. The van der Waals surface area contributed by atoms with Gasteiger partial charge in [0, 0.05) is 6.42 Å². The van der Waals surface area contributed by atoms with Crippen LogP contribution in [-0.4, -0.2) is 33.4 Å². The first-order valence-electron chi connectivity index (χ1n) is 4.08. The second-order valence-electron chi connectivity index (χ2n) is 2.41. The molecular weight excluding hydrogens is 254 g/mol. The summed E-state index contributed by atoms with van der Waals surface area (Å²) in [6, 6.07) is 0. The molecule has 82 valence electrons. The van der Waals surface area contributed by atoms with Crippen molar-refractivity contribution in [2.45, 2.75) is 39.2 Å². The van der Waals surface area contributed by atoms with Gasteiger partial charge in [-0.05, 0) is 12.8 Å². The maximum absolute atomic E-state index is 9.68. The molecule has 0 fully saturated rings. The number of rotatable bonds is 4. The van der Waals surface area contributed by atoms with Crippen LogP contribution in [0.4, 0.5) is 0 Å². The number of carbonyl (C=O) groups is 2. The molecule has 7 heteroatoms. The van der Waals surface area contributed by atoms with Gasteiger partial charge in [-0.25, -0.2) is 4.79 Å². The molecule has 0 aliphatic carbocycles. The number of aliphatic hydroxyl groups excluding tert-OH is 1. The molecule has 0 saturated carbocycles. The van der Waals surface area contributed by atoms with Crippen LogP contribution in [0.2, 0.25) is 0 Å². The van der Waals surface area contributed by atoms with Gasteiger partial charge in [-0.2, -0.15) is 0 Å². The van der Waals surface area contributed by atoms with Crippen molar-refractivity contribution < 1.29 is 131 Å². The minimum Gasteiger partial charge on any atom is -1.00 e. The van der Waals surface area contributed by atoms with Crippen LogP contribution in [0.5, 0.6) is 0 Å². The topological polar surface area (TPSA) is 94.8 Å². The predicted octanol–water partition coefficient (Wildman–Crippen LogP) is -5.05. The third-order valence-corrected chi connectivity index (χ3v) is 1.14. The molecule has 0 amide bonds. The third-order valence-electron chi connectivity index (χ3n) is 1.14. The summed E-state index contributed by atoms with van der Waals surface area (Å²) in [4.78, 5) is 19.3. The Morgan fingerprint density at radius 2 is 1.60 bits per heavy atom. The summed E-state index contributed by atoms with van der Waals surface area (Å²) >= 11 is 0. The molecule has 1 atom stereocenters. The van der Waals surface area contributed by atoms with E-state index >= 15 is 0 Å². The maximum atomic E-state index is 9.68. The van der Waals surface area contributed by atoms with Crippen molar-refractivity contribution in [3.05, 3.63) is 0 Å². The van der Waals surface area contributed by atoms with Crippen molar-refractivity contribution in [3.8, 4) is 0 Å². The molecule has 3 N–H and O–H groups in total. The van der Waals surface area contributed by atoms with Gasteiger partial charge in [-0.1, -0.05) is 13.8 Å². The average molecular weight is 272 g/mol. The molecular formula is C8H18K2O5. The van der Waals surface area contributed by atoms with Crippen molar-refractivity contribution in [3.63, 3.8) is 0 Å². The van der Waals surface area contributed by atoms with Crippen molar-refractivity contribution in [1.29, 1.82) is 0 Å². The Hall–Kier alpha value is 2.17. The summed E-state index contributed by atoms with van der Waals surface area (Å²) < 4.78 is 0. The molecule has 0 heterocycles. The Morgan fingerprint density at radius 1 is 1.20 bits per heavy atom. The predicted molar refractivity (Wildman–Crippen MR) is 48.7 cm³/mol. The van der Waals surface area contributed by atoms with Crippen LogP contribution in [0.3, 0.4) is 0 Å². The Bertz CT molecular complexity index is 172. The van der Waals surface area contributed by atoms with Crippen LogP contribution >= 0.6 is 0 Å². The van der Waals surface area contributed by atoms with Crippen molar-refractivity contribution in [2.75, 3.05) is 0 Å². The zero-order valence-electron chi connectivity index (χ0n) is 11.9. The zero-order chi connectivity index (χ0) is 10.9. The van der Waals surface area contributed by atoms with E-state index in [9.17, 15) is 9.59 Å². The first-order valence-corrected chi connectivity index (χ1v) is 4.08. The monoisotopic (exact) mass is 272 g/mol. The smallest absolute Gasteiger partial charge is 1.00 e. The van der Waals surface area contributed by atoms with Gasteiger partial charge in [0.15, 0.2) is 6.10 Å². The van der Waals surface area contributed by atoms with E-state index in [1.165, 1.54) is 0 Å². The van der Waals surface area contributed by atoms with Crippen LogP contribution in [0, 0.1) is 0 Å². The zero-order valence-corrected chi connectivity index (χ0v) is 16.1. The van der Waals surface area contributed by atoms with Crippen molar-refractivity contribution >= 4 is 11.9 Å². The number of hydrogen-bond donors (Lipinski definition) is 3. The number of aliphatic carboxylic acids is 2. The Labute approximate surface area is 178 Å². The number of hydrogen-bond acceptors (Lipinski definition) is 3. The first-order chi connectivity index (χ1) is 5.95. The quantitative estimate of drug-likeness (QED) is 0.445. The summed E-state index contributed by atoms with van der Waals surface area (Å²) in [7, 11) is 0. The van der Waals surface area contributed by atoms with Gasteiger partial charge in [-0.3, -0.25) is 4.79 Å². The third kappa shape index (κ3) is 26.0. The second kappa shape index (κ2) is 18.5. The SMILES string of the molecule is CCC(O)C(=O)O.CCCC(=O)O.[H-].[H-].[K+].[K+]. The Balaban J connectivity index is -0.0000000290. The molecule has 0 aromatic rings. The van der Waals surface area contributed by atoms with Gasteiger partial charge in [0.1, 0.15) is 0 Å². The number of aliphatic hydroxyl groups is 1. The number of carboxylic acids is 2. The Morgan fingerprint density at radius 3 is 1.60 bits per heavy atom. The molecule has 0 radical (unpaired) electrons. The minimum atomic E-state index is -1.18.